The fourth-order valence-corrected chi connectivity index (χ4v) is 4.67. The Bertz CT molecular complexity index is 1090. The first-order chi connectivity index (χ1) is 14.8. The predicted molar refractivity (Wildman–Crippen MR) is 117 cm³/mol. The number of rotatable bonds is 9. The molecule has 3 rings (SSSR count). The van der Waals surface area contributed by atoms with E-state index in [1.54, 1.807) is 24.3 Å². The molecule has 0 aromatic heterocycles. The Morgan fingerprint density at radius 2 is 1.81 bits per heavy atom. The molecule has 0 saturated heterocycles. The number of aryl methyl sites for hydroxylation is 1. The van der Waals surface area contributed by atoms with Crippen molar-refractivity contribution in [3.63, 3.8) is 0 Å². The van der Waals surface area contributed by atoms with Crippen LogP contribution in [0.3, 0.4) is 0 Å². The lowest BCUT2D eigenvalue weighted by molar-refractivity contribution is -0.132. The molecule has 0 amide bonds. The minimum absolute atomic E-state index is 0.0350. The molecular formula is C23H26O7S. The summed E-state index contributed by atoms with van der Waals surface area (Å²) in [6.45, 7) is 5.64. The molecule has 2 aromatic rings. The third-order valence-electron chi connectivity index (χ3n) is 4.78. The van der Waals surface area contributed by atoms with E-state index in [2.05, 4.69) is 0 Å². The molecule has 1 N–H and O–H groups in total. The summed E-state index contributed by atoms with van der Waals surface area (Å²) in [6.07, 6.45) is 2.33. The van der Waals surface area contributed by atoms with Crippen molar-refractivity contribution >= 4 is 21.9 Å². The van der Waals surface area contributed by atoms with Crippen molar-refractivity contribution in [2.24, 2.45) is 0 Å². The molecule has 1 aliphatic rings. The number of aliphatic carboxylic acids is 1. The molecule has 8 heteroatoms. The summed E-state index contributed by atoms with van der Waals surface area (Å²) in [5, 5.41) is 9.31. The van der Waals surface area contributed by atoms with E-state index in [4.69, 9.17) is 14.2 Å². The van der Waals surface area contributed by atoms with Crippen LogP contribution in [-0.2, 0) is 19.4 Å². The normalized spacial score (nSPS) is 14.8. The molecule has 7 nitrogen and oxygen atoms in total. The number of benzene rings is 2. The molecule has 0 atom stereocenters. The SMILES string of the molecule is CCCOCCOc1ccc(Oc2ccc3c(c2)C=C(C(=O)O)CCS3(=O)=O)cc1C. The second-order valence-corrected chi connectivity index (χ2v) is 9.31. The van der Waals surface area contributed by atoms with E-state index >= 15 is 0 Å². The van der Waals surface area contributed by atoms with Gasteiger partial charge < -0.3 is 19.3 Å². The smallest absolute Gasteiger partial charge is 0.331 e. The number of hydrogen-bond acceptors (Lipinski definition) is 6. The van der Waals surface area contributed by atoms with Crippen LogP contribution in [0.25, 0.3) is 6.08 Å². The number of fused-ring (bicyclic) bond motifs is 1. The topological polar surface area (TPSA) is 99.1 Å². The predicted octanol–water partition coefficient (Wildman–Crippen LogP) is 4.24. The van der Waals surface area contributed by atoms with Gasteiger partial charge in [-0.25, -0.2) is 13.2 Å². The van der Waals surface area contributed by atoms with Gasteiger partial charge in [0, 0.05) is 12.2 Å². The van der Waals surface area contributed by atoms with Crippen molar-refractivity contribution in [3.8, 4) is 17.2 Å². The maximum absolute atomic E-state index is 12.5. The van der Waals surface area contributed by atoms with Crippen LogP contribution in [0.2, 0.25) is 0 Å². The van der Waals surface area contributed by atoms with Gasteiger partial charge in [0.1, 0.15) is 23.9 Å². The minimum atomic E-state index is -3.56. The summed E-state index contributed by atoms with van der Waals surface area (Å²) in [6, 6.07) is 9.97. The third-order valence-corrected chi connectivity index (χ3v) is 6.56. The number of hydrogen-bond donors (Lipinski definition) is 1. The number of sulfone groups is 1. The van der Waals surface area contributed by atoms with Gasteiger partial charge in [-0.2, -0.15) is 0 Å². The zero-order chi connectivity index (χ0) is 22.4. The van der Waals surface area contributed by atoms with Gasteiger partial charge in [-0.3, -0.25) is 0 Å². The van der Waals surface area contributed by atoms with E-state index in [1.165, 1.54) is 12.1 Å². The van der Waals surface area contributed by atoms with Crippen LogP contribution >= 0.6 is 0 Å². The van der Waals surface area contributed by atoms with Crippen LogP contribution in [0.4, 0.5) is 0 Å². The molecule has 0 bridgehead atoms. The first-order valence-corrected chi connectivity index (χ1v) is 11.7. The molecule has 31 heavy (non-hydrogen) atoms. The summed E-state index contributed by atoms with van der Waals surface area (Å²) in [5.41, 5.74) is 1.26. The average Bonchev–Trinajstić information content (AvgIpc) is 2.85. The monoisotopic (exact) mass is 446 g/mol. The number of ether oxygens (including phenoxy) is 3. The van der Waals surface area contributed by atoms with Crippen LogP contribution in [0.5, 0.6) is 17.2 Å². The molecule has 1 heterocycles. The van der Waals surface area contributed by atoms with Crippen LogP contribution < -0.4 is 9.47 Å². The molecule has 0 spiro atoms. The Morgan fingerprint density at radius 1 is 1.06 bits per heavy atom. The van der Waals surface area contributed by atoms with Crippen LogP contribution in [-0.4, -0.2) is 45.1 Å². The van der Waals surface area contributed by atoms with Gasteiger partial charge in [0.2, 0.25) is 0 Å². The number of carboxylic acids is 1. The van der Waals surface area contributed by atoms with Crippen molar-refractivity contribution < 1.29 is 32.5 Å². The van der Waals surface area contributed by atoms with Gasteiger partial charge >= 0.3 is 5.97 Å². The molecule has 0 fully saturated rings. The summed E-state index contributed by atoms with van der Waals surface area (Å²) < 4.78 is 42.0. The lowest BCUT2D eigenvalue weighted by atomic mass is 10.1. The Kier molecular flexibility index (Phi) is 7.35. The number of carboxylic acid groups (broad SMARTS) is 1. The third kappa shape index (κ3) is 5.86. The fourth-order valence-electron chi connectivity index (χ4n) is 3.21. The quantitative estimate of drug-likeness (QED) is 0.575. The van der Waals surface area contributed by atoms with Crippen LogP contribution in [0, 0.1) is 6.92 Å². The Labute approximate surface area is 182 Å². The maximum atomic E-state index is 12.5. The Morgan fingerprint density at radius 3 is 2.52 bits per heavy atom. The summed E-state index contributed by atoms with van der Waals surface area (Å²) in [7, 11) is -3.56. The fraction of sp³-hybridized carbons (Fsp3) is 0.348. The van der Waals surface area contributed by atoms with Crippen molar-refractivity contribution in [2.45, 2.75) is 31.6 Å². The average molecular weight is 447 g/mol. The van der Waals surface area contributed by atoms with E-state index < -0.39 is 15.8 Å². The van der Waals surface area contributed by atoms with Gasteiger partial charge in [0.15, 0.2) is 9.84 Å². The Balaban J connectivity index is 1.77. The summed E-state index contributed by atoms with van der Waals surface area (Å²) in [4.78, 5) is 11.5. The molecule has 1 aliphatic heterocycles. The zero-order valence-electron chi connectivity index (χ0n) is 17.6. The van der Waals surface area contributed by atoms with Crippen molar-refractivity contribution in [2.75, 3.05) is 25.6 Å². The highest BCUT2D eigenvalue weighted by molar-refractivity contribution is 7.91. The molecule has 166 valence electrons. The van der Waals surface area contributed by atoms with Gasteiger partial charge in [-0.05, 0) is 73.4 Å². The maximum Gasteiger partial charge on any atom is 0.331 e. The molecular weight excluding hydrogens is 420 g/mol. The lowest BCUT2D eigenvalue weighted by Gasteiger charge is -2.13. The highest BCUT2D eigenvalue weighted by Gasteiger charge is 2.25. The number of carbonyl (C=O) groups is 1. The van der Waals surface area contributed by atoms with E-state index in [9.17, 15) is 18.3 Å². The van der Waals surface area contributed by atoms with Crippen molar-refractivity contribution in [1.29, 1.82) is 0 Å². The second-order valence-electron chi connectivity index (χ2n) is 7.23. The highest BCUT2D eigenvalue weighted by atomic mass is 32.2. The van der Waals surface area contributed by atoms with Crippen LogP contribution in [0.15, 0.2) is 46.9 Å². The molecule has 0 aliphatic carbocycles. The van der Waals surface area contributed by atoms with E-state index in [1.807, 2.05) is 19.9 Å². The zero-order valence-corrected chi connectivity index (χ0v) is 18.4. The summed E-state index contributed by atoms with van der Waals surface area (Å²) >= 11 is 0. The largest absolute Gasteiger partial charge is 0.491 e. The summed E-state index contributed by atoms with van der Waals surface area (Å²) in [5.74, 6) is 0.349. The van der Waals surface area contributed by atoms with Gasteiger partial charge in [0.05, 0.1) is 17.3 Å². The Hall–Kier alpha value is -2.84. The first-order valence-electron chi connectivity index (χ1n) is 10.1. The van der Waals surface area contributed by atoms with Gasteiger partial charge in [-0.15, -0.1) is 0 Å². The molecule has 0 saturated carbocycles. The van der Waals surface area contributed by atoms with E-state index in [0.717, 1.165) is 17.7 Å². The second kappa shape index (κ2) is 9.98. The van der Waals surface area contributed by atoms with Crippen molar-refractivity contribution in [1.82, 2.24) is 0 Å². The van der Waals surface area contributed by atoms with Gasteiger partial charge in [0.25, 0.3) is 0 Å². The van der Waals surface area contributed by atoms with Gasteiger partial charge in [-0.1, -0.05) is 6.92 Å². The lowest BCUT2D eigenvalue weighted by Crippen LogP contribution is -2.08. The highest BCUT2D eigenvalue weighted by Crippen LogP contribution is 2.32. The minimum Gasteiger partial charge on any atom is -0.491 e. The standard InChI is InChI=1S/C23H26O7S/c1-3-9-28-10-11-29-21-6-4-19(13-16(21)2)30-20-5-7-22-18(15-20)14-17(23(24)25)8-12-31(22,26)27/h4-7,13-15H,3,8-12H2,1-2H3,(H,24,25). The van der Waals surface area contributed by atoms with E-state index in [-0.39, 0.29) is 22.6 Å². The van der Waals surface area contributed by atoms with Crippen LogP contribution in [0.1, 0.15) is 30.9 Å². The molecule has 0 unspecified atom stereocenters. The molecule has 0 radical (unpaired) electrons. The molecule has 2 aromatic carbocycles. The first kappa shape index (κ1) is 22.8. The van der Waals surface area contributed by atoms with E-state index in [0.29, 0.717) is 36.9 Å². The van der Waals surface area contributed by atoms with Crippen molar-refractivity contribution in [3.05, 3.63) is 53.1 Å².